The average Bonchev–Trinajstić information content (AvgIpc) is 2.24. The molecule has 2 unspecified atom stereocenters. The quantitative estimate of drug-likeness (QED) is 0.583. The van der Waals surface area contributed by atoms with Gasteiger partial charge in [-0.05, 0) is 24.0 Å². The van der Waals surface area contributed by atoms with E-state index in [-0.39, 0.29) is 0 Å². The molecule has 64 valence electrons. The van der Waals surface area contributed by atoms with E-state index < -0.39 is 12.6 Å². The molecule has 3 heteroatoms. The van der Waals surface area contributed by atoms with Gasteiger partial charge >= 0.3 is 0 Å². The van der Waals surface area contributed by atoms with Crippen molar-refractivity contribution in [2.75, 3.05) is 0 Å². The van der Waals surface area contributed by atoms with Crippen LogP contribution in [-0.2, 0) is 4.74 Å². The number of ether oxygens (including phenoxy) is 1. The summed E-state index contributed by atoms with van der Waals surface area (Å²) in [7, 11) is 0. The maximum atomic E-state index is 9.22. The minimum atomic E-state index is -0.884. The second-order valence-electron chi connectivity index (χ2n) is 2.60. The molecular formula is C8H14O3. The van der Waals surface area contributed by atoms with Crippen molar-refractivity contribution in [1.29, 1.82) is 0 Å². The number of aliphatic hydroxyl groups is 2. The van der Waals surface area contributed by atoms with Gasteiger partial charge in [0.05, 0.1) is 0 Å². The number of rotatable bonds is 2. The summed E-state index contributed by atoms with van der Waals surface area (Å²) in [4.78, 5) is 0. The third kappa shape index (κ3) is 1.45. The van der Waals surface area contributed by atoms with Gasteiger partial charge in [0, 0.05) is 0 Å². The van der Waals surface area contributed by atoms with E-state index in [4.69, 9.17) is 4.74 Å². The molecule has 0 aromatic carbocycles. The highest BCUT2D eigenvalue weighted by molar-refractivity contribution is 5.22. The first kappa shape index (κ1) is 8.71. The average molecular weight is 158 g/mol. The Morgan fingerprint density at radius 1 is 1.09 bits per heavy atom. The number of hydrogen-bond donors (Lipinski definition) is 2. The lowest BCUT2D eigenvalue weighted by Gasteiger charge is -2.05. The van der Waals surface area contributed by atoms with Gasteiger partial charge in [-0.3, -0.25) is 0 Å². The van der Waals surface area contributed by atoms with E-state index in [1.165, 1.54) is 0 Å². The number of aliphatic hydroxyl groups excluding tert-OH is 2. The highest BCUT2D eigenvalue weighted by Gasteiger charge is 2.29. The van der Waals surface area contributed by atoms with E-state index in [0.29, 0.717) is 0 Å². The Hall–Kier alpha value is -0.380. The highest BCUT2D eigenvalue weighted by Crippen LogP contribution is 2.28. The van der Waals surface area contributed by atoms with Gasteiger partial charge in [-0.2, -0.15) is 0 Å². The van der Waals surface area contributed by atoms with Crippen molar-refractivity contribution in [3.8, 4) is 0 Å². The van der Waals surface area contributed by atoms with E-state index >= 15 is 0 Å². The van der Waals surface area contributed by atoms with Crippen LogP contribution in [0.15, 0.2) is 11.1 Å². The fourth-order valence-corrected chi connectivity index (χ4v) is 1.41. The number of hydrogen-bond acceptors (Lipinski definition) is 3. The third-order valence-electron chi connectivity index (χ3n) is 2.03. The largest absolute Gasteiger partial charge is 0.364 e. The van der Waals surface area contributed by atoms with Crippen LogP contribution in [0, 0.1) is 0 Å². The van der Waals surface area contributed by atoms with Crippen LogP contribution >= 0.6 is 0 Å². The first-order valence-corrected chi connectivity index (χ1v) is 3.94. The van der Waals surface area contributed by atoms with Crippen molar-refractivity contribution < 1.29 is 14.9 Å². The minimum absolute atomic E-state index is 0.737. The van der Waals surface area contributed by atoms with Gasteiger partial charge in [-0.25, -0.2) is 0 Å². The van der Waals surface area contributed by atoms with Gasteiger partial charge in [-0.15, -0.1) is 0 Å². The Labute approximate surface area is 66.3 Å². The smallest absolute Gasteiger partial charge is 0.180 e. The molecule has 0 radical (unpaired) electrons. The first-order valence-electron chi connectivity index (χ1n) is 3.94. The molecule has 1 aliphatic heterocycles. The van der Waals surface area contributed by atoms with Gasteiger partial charge in [0.1, 0.15) is 0 Å². The van der Waals surface area contributed by atoms with Gasteiger partial charge in [0.25, 0.3) is 0 Å². The molecule has 3 nitrogen and oxygen atoms in total. The normalized spacial score (nSPS) is 31.6. The fourth-order valence-electron chi connectivity index (χ4n) is 1.41. The fraction of sp³-hybridized carbons (Fsp3) is 0.750. The topological polar surface area (TPSA) is 49.7 Å². The van der Waals surface area contributed by atoms with Crippen molar-refractivity contribution >= 4 is 0 Å². The van der Waals surface area contributed by atoms with Crippen LogP contribution in [0.1, 0.15) is 26.7 Å². The molecule has 1 aliphatic rings. The molecule has 11 heavy (non-hydrogen) atoms. The van der Waals surface area contributed by atoms with Crippen molar-refractivity contribution in [3.05, 3.63) is 11.1 Å². The monoisotopic (exact) mass is 158 g/mol. The Morgan fingerprint density at radius 3 is 1.73 bits per heavy atom. The summed E-state index contributed by atoms with van der Waals surface area (Å²) in [5.74, 6) is 0. The molecule has 2 N–H and O–H groups in total. The second-order valence-corrected chi connectivity index (χ2v) is 2.60. The molecule has 1 rings (SSSR count). The lowest BCUT2D eigenvalue weighted by Crippen LogP contribution is -2.13. The van der Waals surface area contributed by atoms with Gasteiger partial charge in [0.2, 0.25) is 0 Å². The van der Waals surface area contributed by atoms with Crippen LogP contribution in [0.25, 0.3) is 0 Å². The lowest BCUT2D eigenvalue weighted by molar-refractivity contribution is -0.154. The first-order chi connectivity index (χ1) is 5.20. The molecule has 0 amide bonds. The zero-order valence-electron chi connectivity index (χ0n) is 6.87. The van der Waals surface area contributed by atoms with Crippen LogP contribution in [0.2, 0.25) is 0 Å². The summed E-state index contributed by atoms with van der Waals surface area (Å²) >= 11 is 0. The Kier molecular flexibility index (Phi) is 2.65. The Morgan fingerprint density at radius 2 is 1.45 bits per heavy atom. The summed E-state index contributed by atoms with van der Waals surface area (Å²) in [5.41, 5.74) is 1.67. The lowest BCUT2D eigenvalue weighted by atomic mass is 10.1. The van der Waals surface area contributed by atoms with E-state index in [0.717, 1.165) is 24.0 Å². The molecular weight excluding hydrogens is 144 g/mol. The van der Waals surface area contributed by atoms with Crippen molar-refractivity contribution in [2.45, 2.75) is 39.3 Å². The zero-order chi connectivity index (χ0) is 8.43. The molecule has 0 aliphatic carbocycles. The van der Waals surface area contributed by atoms with Crippen molar-refractivity contribution in [1.82, 2.24) is 0 Å². The molecule has 0 saturated carbocycles. The van der Waals surface area contributed by atoms with Crippen molar-refractivity contribution in [2.24, 2.45) is 0 Å². The molecule has 0 aromatic heterocycles. The Balaban J connectivity index is 2.83. The van der Waals surface area contributed by atoms with Crippen LogP contribution < -0.4 is 0 Å². The standard InChI is InChI=1S/C8H14O3/c1-3-5-6(4-2)8(10)11-7(5)9/h7-10H,3-4H2,1-2H3. The van der Waals surface area contributed by atoms with Crippen LogP contribution in [-0.4, -0.2) is 22.8 Å². The Bertz CT molecular complexity index is 156. The predicted molar refractivity (Wildman–Crippen MR) is 40.7 cm³/mol. The SMILES string of the molecule is CCC1=C(CC)C(O)OC1O. The zero-order valence-corrected chi connectivity index (χ0v) is 6.87. The summed E-state index contributed by atoms with van der Waals surface area (Å²) in [5, 5.41) is 18.4. The summed E-state index contributed by atoms with van der Waals surface area (Å²) in [6, 6.07) is 0. The molecule has 0 saturated heterocycles. The molecule has 0 aromatic rings. The van der Waals surface area contributed by atoms with Crippen molar-refractivity contribution in [3.63, 3.8) is 0 Å². The molecule has 1 heterocycles. The maximum absolute atomic E-state index is 9.22. The van der Waals surface area contributed by atoms with Crippen LogP contribution in [0.3, 0.4) is 0 Å². The molecule has 0 fully saturated rings. The molecule has 0 bridgehead atoms. The third-order valence-corrected chi connectivity index (χ3v) is 2.03. The minimum Gasteiger partial charge on any atom is -0.364 e. The van der Waals surface area contributed by atoms with E-state index in [1.807, 2.05) is 13.8 Å². The van der Waals surface area contributed by atoms with E-state index in [9.17, 15) is 10.2 Å². The van der Waals surface area contributed by atoms with Crippen LogP contribution in [0.4, 0.5) is 0 Å². The highest BCUT2D eigenvalue weighted by atomic mass is 16.7. The molecule has 0 spiro atoms. The predicted octanol–water partition coefficient (Wildman–Crippen LogP) is 0.770. The van der Waals surface area contributed by atoms with Gasteiger partial charge < -0.3 is 14.9 Å². The summed E-state index contributed by atoms with van der Waals surface area (Å²) < 4.78 is 4.81. The molecule has 2 atom stereocenters. The maximum Gasteiger partial charge on any atom is 0.180 e. The van der Waals surface area contributed by atoms with Gasteiger partial charge in [0.15, 0.2) is 12.6 Å². The summed E-state index contributed by atoms with van der Waals surface area (Å²) in [6.45, 7) is 3.88. The van der Waals surface area contributed by atoms with E-state index in [2.05, 4.69) is 0 Å². The van der Waals surface area contributed by atoms with Gasteiger partial charge in [-0.1, -0.05) is 13.8 Å². The second kappa shape index (κ2) is 3.34. The summed E-state index contributed by atoms with van der Waals surface area (Å²) in [6.07, 6.45) is -0.294. The van der Waals surface area contributed by atoms with E-state index in [1.54, 1.807) is 0 Å². The van der Waals surface area contributed by atoms with Crippen LogP contribution in [0.5, 0.6) is 0 Å².